The molecule has 0 aliphatic rings. The first-order valence-corrected chi connectivity index (χ1v) is 11.7. The predicted octanol–water partition coefficient (Wildman–Crippen LogP) is 5.92. The van der Waals surface area contributed by atoms with Crippen molar-refractivity contribution in [1.82, 2.24) is 9.97 Å². The molecule has 198 valence electrons. The molecule has 9 nitrogen and oxygen atoms in total. The van der Waals surface area contributed by atoms with E-state index in [2.05, 4.69) is 14.7 Å². The molecule has 0 saturated carbocycles. The molecule has 0 fully saturated rings. The van der Waals surface area contributed by atoms with E-state index >= 15 is 0 Å². The van der Waals surface area contributed by atoms with Crippen molar-refractivity contribution in [1.29, 1.82) is 0 Å². The lowest BCUT2D eigenvalue weighted by Gasteiger charge is -2.11. The molecule has 4 aromatic rings. The molecule has 0 unspecified atom stereocenters. The molecule has 0 radical (unpaired) electrons. The summed E-state index contributed by atoms with van der Waals surface area (Å²) >= 11 is 17.7. The zero-order valence-electron chi connectivity index (χ0n) is 19.8. The summed E-state index contributed by atoms with van der Waals surface area (Å²) in [5.41, 5.74) is 6.35. The van der Waals surface area contributed by atoms with Gasteiger partial charge in [-0.15, -0.1) is 0 Å². The zero-order valence-corrected chi connectivity index (χ0v) is 22.1. The summed E-state index contributed by atoms with van der Waals surface area (Å²) in [7, 11) is 2.46. The number of hydrogen-bond acceptors (Lipinski definition) is 8. The molecule has 0 spiro atoms. The molecule has 0 amide bonds. The summed E-state index contributed by atoms with van der Waals surface area (Å²) in [6.45, 7) is -0.396. The lowest BCUT2D eigenvalue weighted by atomic mass is 10.1. The highest BCUT2D eigenvalue weighted by Crippen LogP contribution is 2.36. The van der Waals surface area contributed by atoms with E-state index in [4.69, 9.17) is 55.1 Å². The molecule has 0 bridgehead atoms. The quantitative estimate of drug-likeness (QED) is 0.266. The van der Waals surface area contributed by atoms with E-state index < -0.39 is 24.4 Å². The van der Waals surface area contributed by atoms with Gasteiger partial charge in [-0.3, -0.25) is 4.98 Å². The molecule has 4 rings (SSSR count). The van der Waals surface area contributed by atoms with Crippen molar-refractivity contribution in [3.8, 4) is 22.8 Å². The van der Waals surface area contributed by atoms with Crippen molar-refractivity contribution in [3.63, 3.8) is 0 Å². The summed E-state index contributed by atoms with van der Waals surface area (Å²) in [4.78, 5) is 30.2. The van der Waals surface area contributed by atoms with E-state index in [0.717, 1.165) is 5.39 Å². The Kier molecular flexibility index (Phi) is 9.51. The SMILES string of the molecule is COC(=O)c1nc(-c2ccc(Cl)c(OC)c2F)cc(N)c1Cl.O=C(O)COc1ccc(Cl)c2cccnc12. The summed E-state index contributed by atoms with van der Waals surface area (Å²) < 4.78 is 29.0. The second kappa shape index (κ2) is 12.6. The number of pyridine rings is 2. The fourth-order valence-electron chi connectivity index (χ4n) is 3.20. The van der Waals surface area contributed by atoms with E-state index in [1.54, 1.807) is 30.5 Å². The third-order valence-corrected chi connectivity index (χ3v) is 5.95. The van der Waals surface area contributed by atoms with E-state index in [1.165, 1.54) is 32.4 Å². The largest absolute Gasteiger partial charge is 0.492 e. The fraction of sp³-hybridized carbons (Fsp3) is 0.120. The Labute approximate surface area is 230 Å². The second-order valence-electron chi connectivity index (χ2n) is 7.32. The van der Waals surface area contributed by atoms with Crippen LogP contribution in [0.15, 0.2) is 48.7 Å². The molecular weight excluding hydrogens is 564 g/mol. The number of esters is 1. The number of aliphatic carboxylic acids is 1. The average molecular weight is 583 g/mol. The summed E-state index contributed by atoms with van der Waals surface area (Å²) in [5.74, 6) is -2.24. The van der Waals surface area contributed by atoms with Gasteiger partial charge in [-0.2, -0.15) is 0 Å². The van der Waals surface area contributed by atoms with Crippen LogP contribution in [0.4, 0.5) is 10.1 Å². The number of carbonyl (C=O) groups is 2. The zero-order chi connectivity index (χ0) is 28.0. The maximum atomic E-state index is 14.4. The predicted molar refractivity (Wildman–Crippen MR) is 142 cm³/mol. The van der Waals surface area contributed by atoms with Crippen LogP contribution in [-0.2, 0) is 9.53 Å². The number of halogens is 4. The van der Waals surface area contributed by atoms with Gasteiger partial charge in [0.1, 0.15) is 11.3 Å². The van der Waals surface area contributed by atoms with Crippen molar-refractivity contribution in [2.75, 3.05) is 26.6 Å². The van der Waals surface area contributed by atoms with E-state index in [9.17, 15) is 14.0 Å². The number of nitrogen functional groups attached to an aromatic ring is 1. The maximum Gasteiger partial charge on any atom is 0.358 e. The molecule has 0 atom stereocenters. The lowest BCUT2D eigenvalue weighted by molar-refractivity contribution is -0.139. The minimum atomic E-state index is -1.03. The van der Waals surface area contributed by atoms with Crippen molar-refractivity contribution >= 4 is 63.3 Å². The van der Waals surface area contributed by atoms with Crippen molar-refractivity contribution in [3.05, 3.63) is 75.2 Å². The molecule has 0 aliphatic carbocycles. The Hall–Kier alpha value is -3.86. The highest BCUT2D eigenvalue weighted by atomic mass is 35.5. The second-order valence-corrected chi connectivity index (χ2v) is 8.51. The van der Waals surface area contributed by atoms with Crippen molar-refractivity contribution in [2.24, 2.45) is 0 Å². The van der Waals surface area contributed by atoms with Crippen LogP contribution in [-0.4, -0.2) is 47.8 Å². The van der Waals surface area contributed by atoms with Crippen LogP contribution in [0, 0.1) is 5.82 Å². The standard InChI is InChI=1S/C14H11Cl2FN2O3.C11H8ClNO3/c1-21-13-7(15)4-3-6(11(13)17)9-5-8(18)10(16)12(19-9)14(20)22-2;12-8-3-4-9(16-6-10(14)15)11-7(8)2-1-5-13-11/h3-5H,1-2H3,(H2,18,19);1-5H,6H2,(H,14,15). The van der Waals surface area contributed by atoms with Gasteiger partial charge in [0.05, 0.1) is 40.7 Å². The number of hydrogen-bond donors (Lipinski definition) is 2. The van der Waals surface area contributed by atoms with Crippen LogP contribution in [0.25, 0.3) is 22.2 Å². The van der Waals surface area contributed by atoms with E-state index in [-0.39, 0.29) is 38.4 Å². The van der Waals surface area contributed by atoms with Gasteiger partial charge in [0.2, 0.25) is 0 Å². The Morgan fingerprint density at radius 1 is 1.08 bits per heavy atom. The van der Waals surface area contributed by atoms with Crippen LogP contribution in [0.1, 0.15) is 10.5 Å². The van der Waals surface area contributed by atoms with Gasteiger partial charge >= 0.3 is 11.9 Å². The normalized spacial score (nSPS) is 10.4. The van der Waals surface area contributed by atoms with Gasteiger partial charge in [0.15, 0.2) is 23.9 Å². The maximum absolute atomic E-state index is 14.4. The van der Waals surface area contributed by atoms with Crippen LogP contribution >= 0.6 is 34.8 Å². The Morgan fingerprint density at radius 3 is 2.45 bits per heavy atom. The first-order valence-electron chi connectivity index (χ1n) is 10.5. The monoisotopic (exact) mass is 581 g/mol. The molecule has 2 aromatic carbocycles. The van der Waals surface area contributed by atoms with Crippen LogP contribution < -0.4 is 15.2 Å². The third-order valence-electron chi connectivity index (χ3n) is 4.92. The summed E-state index contributed by atoms with van der Waals surface area (Å²) in [6, 6.07) is 11.0. The van der Waals surface area contributed by atoms with Gasteiger partial charge in [0, 0.05) is 17.1 Å². The Balaban J connectivity index is 0.000000221. The highest BCUT2D eigenvalue weighted by Gasteiger charge is 2.21. The molecule has 0 aliphatic heterocycles. The number of methoxy groups -OCH3 is 2. The molecule has 0 saturated heterocycles. The highest BCUT2D eigenvalue weighted by molar-refractivity contribution is 6.36. The number of nitrogens with two attached hydrogens (primary N) is 1. The van der Waals surface area contributed by atoms with Crippen LogP contribution in [0.2, 0.25) is 15.1 Å². The minimum absolute atomic E-state index is 0.0584. The molecular formula is C25H19Cl3FN3O6. The molecule has 2 aromatic heterocycles. The Morgan fingerprint density at radius 2 is 1.79 bits per heavy atom. The summed E-state index contributed by atoms with van der Waals surface area (Å²) in [6.07, 6.45) is 1.60. The number of carbonyl (C=O) groups excluding carboxylic acids is 1. The number of rotatable bonds is 6. The molecule has 3 N–H and O–H groups in total. The summed E-state index contributed by atoms with van der Waals surface area (Å²) in [5, 5.41) is 9.89. The van der Waals surface area contributed by atoms with Crippen molar-refractivity contribution in [2.45, 2.75) is 0 Å². The van der Waals surface area contributed by atoms with E-state index in [1.807, 2.05) is 0 Å². The number of carboxylic acid groups (broad SMARTS) is 1. The number of ether oxygens (including phenoxy) is 3. The topological polar surface area (TPSA) is 134 Å². The van der Waals surface area contributed by atoms with Gasteiger partial charge in [0.25, 0.3) is 0 Å². The van der Waals surface area contributed by atoms with Gasteiger partial charge < -0.3 is 25.1 Å². The lowest BCUT2D eigenvalue weighted by Crippen LogP contribution is -2.09. The molecule has 38 heavy (non-hydrogen) atoms. The Bertz CT molecular complexity index is 1520. The average Bonchev–Trinajstić information content (AvgIpc) is 2.90. The van der Waals surface area contributed by atoms with Crippen LogP contribution in [0.5, 0.6) is 11.5 Å². The number of fused-ring (bicyclic) bond motifs is 1. The molecule has 13 heteroatoms. The fourth-order valence-corrected chi connectivity index (χ4v) is 3.82. The number of aromatic nitrogens is 2. The van der Waals surface area contributed by atoms with E-state index in [0.29, 0.717) is 16.3 Å². The molecule has 2 heterocycles. The number of nitrogens with zero attached hydrogens (tertiary/aromatic N) is 2. The van der Waals surface area contributed by atoms with Crippen LogP contribution in [0.3, 0.4) is 0 Å². The first-order chi connectivity index (χ1) is 18.1. The smallest absolute Gasteiger partial charge is 0.358 e. The number of benzene rings is 2. The first kappa shape index (κ1) is 28.7. The number of anilines is 1. The van der Waals surface area contributed by atoms with Gasteiger partial charge in [-0.05, 0) is 42.5 Å². The van der Waals surface area contributed by atoms with Gasteiger partial charge in [-0.1, -0.05) is 34.8 Å². The van der Waals surface area contributed by atoms with Gasteiger partial charge in [-0.25, -0.2) is 19.0 Å². The minimum Gasteiger partial charge on any atom is -0.492 e. The number of carboxylic acids is 1. The third kappa shape index (κ3) is 6.34. The van der Waals surface area contributed by atoms with Crippen molar-refractivity contribution < 1.29 is 33.3 Å².